The molecule has 1 atom stereocenters. The van der Waals surface area contributed by atoms with E-state index in [9.17, 15) is 5.11 Å². The Morgan fingerprint density at radius 1 is 1.33 bits per heavy atom. The van der Waals surface area contributed by atoms with Gasteiger partial charge in [-0.05, 0) is 10.4 Å². The molecule has 0 radical (unpaired) electrons. The van der Waals surface area contributed by atoms with Gasteiger partial charge < -0.3 is 9.84 Å². The Kier molecular flexibility index (Phi) is 6.10. The molecule has 0 fully saturated rings. The second-order valence-electron chi connectivity index (χ2n) is 3.13. The van der Waals surface area contributed by atoms with E-state index in [0.717, 1.165) is 5.56 Å². The van der Waals surface area contributed by atoms with Crippen LogP contribution in [-0.2, 0) is 11.3 Å². The third kappa shape index (κ3) is 5.58. The van der Waals surface area contributed by atoms with E-state index in [0.29, 0.717) is 19.6 Å². The maximum atomic E-state index is 9.41. The summed E-state index contributed by atoms with van der Waals surface area (Å²) < 4.78 is 5.35. The fourth-order valence-corrected chi connectivity index (χ4v) is 1.26. The first-order chi connectivity index (χ1) is 7.33. The monoisotopic (exact) mass is 268 g/mol. The lowest BCUT2D eigenvalue weighted by atomic mass is 10.2. The van der Waals surface area contributed by atoms with Crippen LogP contribution in [0.1, 0.15) is 12.0 Å². The van der Waals surface area contributed by atoms with Crippen molar-refractivity contribution in [2.24, 2.45) is 0 Å². The highest BCUT2D eigenvalue weighted by molar-refractivity contribution is 9.12. The quantitative estimate of drug-likeness (QED) is 0.831. The Morgan fingerprint density at radius 3 is 2.73 bits per heavy atom. The molecule has 0 aliphatic heterocycles. The van der Waals surface area contributed by atoms with Gasteiger partial charge >= 0.3 is 0 Å². The van der Waals surface area contributed by atoms with Crippen molar-refractivity contribution in [3.05, 3.63) is 35.9 Å². The molecule has 3 heteroatoms. The Bertz CT molecular complexity index is 326. The predicted octanol–water partition coefficient (Wildman–Crippen LogP) is 2.31. The van der Waals surface area contributed by atoms with Crippen LogP contribution in [-0.4, -0.2) is 17.8 Å². The zero-order valence-electron chi connectivity index (χ0n) is 8.32. The molecule has 0 aliphatic rings. The third-order valence-corrected chi connectivity index (χ3v) is 2.11. The topological polar surface area (TPSA) is 29.5 Å². The summed E-state index contributed by atoms with van der Waals surface area (Å²) in [5.74, 6) is 2.73. The number of rotatable bonds is 5. The minimum absolute atomic E-state index is 0.316. The Hall–Kier alpha value is -0.820. The number of halogens is 1. The van der Waals surface area contributed by atoms with Crippen molar-refractivity contribution in [3.8, 4) is 10.8 Å². The molecule has 80 valence electrons. The normalized spacial score (nSPS) is 11.6. The molecule has 1 aromatic rings. The van der Waals surface area contributed by atoms with Gasteiger partial charge in [0.25, 0.3) is 0 Å². The fourth-order valence-electron chi connectivity index (χ4n) is 1.10. The van der Waals surface area contributed by atoms with E-state index < -0.39 is 6.10 Å². The number of benzene rings is 1. The van der Waals surface area contributed by atoms with E-state index in [4.69, 9.17) is 4.74 Å². The molecular weight excluding hydrogens is 256 g/mol. The zero-order chi connectivity index (χ0) is 10.9. The Labute approximate surface area is 98.4 Å². The molecule has 0 unspecified atom stereocenters. The first-order valence-electron chi connectivity index (χ1n) is 4.71. The minimum Gasteiger partial charge on any atom is -0.390 e. The van der Waals surface area contributed by atoms with Gasteiger partial charge in [0, 0.05) is 22.4 Å². The molecular formula is C12H13BrO2. The number of hydrogen-bond donors (Lipinski definition) is 1. The summed E-state index contributed by atoms with van der Waals surface area (Å²) >= 11 is 2.97. The second kappa shape index (κ2) is 7.47. The number of aliphatic hydroxyl groups excluding tert-OH is 1. The maximum absolute atomic E-state index is 9.41. The highest BCUT2D eigenvalue weighted by atomic mass is 79.9. The van der Waals surface area contributed by atoms with Gasteiger partial charge in [0.15, 0.2) is 0 Å². The summed E-state index contributed by atoms with van der Waals surface area (Å²) in [6, 6.07) is 9.87. The average Bonchev–Trinajstić information content (AvgIpc) is 2.28. The summed E-state index contributed by atoms with van der Waals surface area (Å²) in [6.45, 7) is 0.843. The van der Waals surface area contributed by atoms with Crippen LogP contribution in [0.25, 0.3) is 0 Å². The standard InChI is InChI=1S/C12H13BrO2/c13-8-4-7-12(14)10-15-9-11-5-2-1-3-6-11/h1-3,5-6,12,14H,7,9-10H2/t12-/m1/s1. The largest absolute Gasteiger partial charge is 0.390 e. The van der Waals surface area contributed by atoms with E-state index in [1.807, 2.05) is 30.3 Å². The molecule has 15 heavy (non-hydrogen) atoms. The zero-order valence-corrected chi connectivity index (χ0v) is 9.90. The highest BCUT2D eigenvalue weighted by Gasteiger charge is 2.01. The smallest absolute Gasteiger partial charge is 0.0883 e. The molecule has 2 nitrogen and oxygen atoms in total. The number of hydrogen-bond acceptors (Lipinski definition) is 2. The van der Waals surface area contributed by atoms with E-state index in [2.05, 4.69) is 26.7 Å². The van der Waals surface area contributed by atoms with Crippen LogP contribution in [0.5, 0.6) is 0 Å². The van der Waals surface area contributed by atoms with Gasteiger partial charge in [-0.3, -0.25) is 0 Å². The van der Waals surface area contributed by atoms with Crippen molar-refractivity contribution in [1.82, 2.24) is 0 Å². The van der Waals surface area contributed by atoms with Crippen LogP contribution in [0.2, 0.25) is 0 Å². The van der Waals surface area contributed by atoms with Gasteiger partial charge in [0.2, 0.25) is 0 Å². The maximum Gasteiger partial charge on any atom is 0.0883 e. The van der Waals surface area contributed by atoms with Crippen molar-refractivity contribution in [2.45, 2.75) is 19.1 Å². The summed E-state index contributed by atoms with van der Waals surface area (Å²) in [4.78, 5) is 2.55. The van der Waals surface area contributed by atoms with E-state index in [1.54, 1.807) is 0 Å². The molecule has 0 aliphatic carbocycles. The van der Waals surface area contributed by atoms with Crippen molar-refractivity contribution in [3.63, 3.8) is 0 Å². The fraction of sp³-hybridized carbons (Fsp3) is 0.333. The first kappa shape index (κ1) is 12.3. The lowest BCUT2D eigenvalue weighted by Gasteiger charge is -2.08. The van der Waals surface area contributed by atoms with Crippen molar-refractivity contribution in [2.75, 3.05) is 6.61 Å². The molecule has 0 aromatic heterocycles. The first-order valence-corrected chi connectivity index (χ1v) is 5.50. The van der Waals surface area contributed by atoms with Gasteiger partial charge in [-0.1, -0.05) is 36.3 Å². The van der Waals surface area contributed by atoms with Crippen molar-refractivity contribution in [1.29, 1.82) is 0 Å². The Morgan fingerprint density at radius 2 is 2.07 bits per heavy atom. The third-order valence-electron chi connectivity index (χ3n) is 1.83. The van der Waals surface area contributed by atoms with Crippen LogP contribution in [0.15, 0.2) is 30.3 Å². The van der Waals surface area contributed by atoms with Crippen LogP contribution in [0, 0.1) is 10.8 Å². The minimum atomic E-state index is -0.515. The lowest BCUT2D eigenvalue weighted by molar-refractivity contribution is 0.0311. The summed E-state index contributed by atoms with van der Waals surface area (Å²) in [5, 5.41) is 9.41. The molecule has 0 saturated heterocycles. The van der Waals surface area contributed by atoms with Crippen molar-refractivity contribution >= 4 is 15.9 Å². The Balaban J connectivity index is 2.18. The summed E-state index contributed by atoms with van der Waals surface area (Å²) in [7, 11) is 0. The predicted molar refractivity (Wildman–Crippen MR) is 63.4 cm³/mol. The van der Waals surface area contributed by atoms with Crippen LogP contribution < -0.4 is 0 Å². The van der Waals surface area contributed by atoms with E-state index in [1.165, 1.54) is 0 Å². The van der Waals surface area contributed by atoms with Crippen LogP contribution >= 0.6 is 15.9 Å². The molecule has 0 bridgehead atoms. The SMILES string of the molecule is O[C@H](CC#CBr)COCc1ccccc1. The molecule has 0 amide bonds. The molecule has 0 spiro atoms. The number of ether oxygens (including phenoxy) is 1. The number of aliphatic hydroxyl groups is 1. The average molecular weight is 269 g/mol. The summed E-state index contributed by atoms with van der Waals surface area (Å²) in [6.07, 6.45) is -0.0844. The van der Waals surface area contributed by atoms with Gasteiger partial charge in [-0.15, -0.1) is 0 Å². The van der Waals surface area contributed by atoms with Crippen LogP contribution in [0.4, 0.5) is 0 Å². The van der Waals surface area contributed by atoms with E-state index in [-0.39, 0.29) is 0 Å². The molecule has 1 N–H and O–H groups in total. The van der Waals surface area contributed by atoms with Gasteiger partial charge in [-0.2, -0.15) is 0 Å². The van der Waals surface area contributed by atoms with Gasteiger partial charge in [0.05, 0.1) is 19.3 Å². The van der Waals surface area contributed by atoms with Crippen LogP contribution in [0.3, 0.4) is 0 Å². The molecule has 0 saturated carbocycles. The van der Waals surface area contributed by atoms with Gasteiger partial charge in [0.1, 0.15) is 0 Å². The van der Waals surface area contributed by atoms with Gasteiger partial charge in [-0.25, -0.2) is 0 Å². The molecule has 1 aromatic carbocycles. The lowest BCUT2D eigenvalue weighted by Crippen LogP contribution is -2.14. The van der Waals surface area contributed by atoms with Crippen molar-refractivity contribution < 1.29 is 9.84 Å². The molecule has 1 rings (SSSR count). The molecule has 0 heterocycles. The van der Waals surface area contributed by atoms with E-state index >= 15 is 0 Å². The summed E-state index contributed by atoms with van der Waals surface area (Å²) in [5.41, 5.74) is 1.11. The second-order valence-corrected chi connectivity index (χ2v) is 3.53. The highest BCUT2D eigenvalue weighted by Crippen LogP contribution is 2.01.